The minimum Gasteiger partial charge on any atom is -0.492 e. The van der Waals surface area contributed by atoms with Gasteiger partial charge in [-0.25, -0.2) is 0 Å². The van der Waals surface area contributed by atoms with Crippen LogP contribution in [0.25, 0.3) is 21.9 Å². The molecule has 1 aromatic heterocycles. The highest BCUT2D eigenvalue weighted by Gasteiger charge is 2.07. The maximum atomic E-state index is 5.98. The van der Waals surface area contributed by atoms with E-state index in [0.717, 1.165) is 39.0 Å². The van der Waals surface area contributed by atoms with Crippen molar-refractivity contribution in [2.75, 3.05) is 27.3 Å². The van der Waals surface area contributed by atoms with Crippen LogP contribution < -0.4 is 9.47 Å². The van der Waals surface area contributed by atoms with Gasteiger partial charge in [0.1, 0.15) is 35.9 Å². The van der Waals surface area contributed by atoms with E-state index in [2.05, 4.69) is 6.07 Å². The van der Waals surface area contributed by atoms with Crippen molar-refractivity contribution in [2.24, 2.45) is 0 Å². The van der Waals surface area contributed by atoms with E-state index in [1.165, 1.54) is 0 Å². The maximum Gasteiger partial charge on any atom is 0.135 e. The molecule has 5 heteroatoms. The number of ether oxygens (including phenoxy) is 2. The summed E-state index contributed by atoms with van der Waals surface area (Å²) in [6.07, 6.45) is 0. The molecule has 0 saturated carbocycles. The van der Waals surface area contributed by atoms with Crippen molar-refractivity contribution in [2.45, 2.75) is 6.61 Å². The van der Waals surface area contributed by atoms with E-state index in [1.807, 2.05) is 67.7 Å². The lowest BCUT2D eigenvalue weighted by Crippen LogP contribution is -2.22. The quantitative estimate of drug-likeness (QED) is 0.403. The summed E-state index contributed by atoms with van der Waals surface area (Å²) >= 11 is 0. The SMILES string of the molecule is CON(C)CCOc1ccc(COc2ccc3oc4ccccc4c3c2)cc1. The van der Waals surface area contributed by atoms with E-state index in [1.54, 1.807) is 12.2 Å². The van der Waals surface area contributed by atoms with E-state index in [0.29, 0.717) is 19.8 Å². The molecule has 144 valence electrons. The molecule has 1 heterocycles. The third-order valence-electron chi connectivity index (χ3n) is 4.66. The van der Waals surface area contributed by atoms with Gasteiger partial charge < -0.3 is 18.7 Å². The minimum atomic E-state index is 0.494. The number of benzene rings is 3. The van der Waals surface area contributed by atoms with Gasteiger partial charge in [0.25, 0.3) is 0 Å². The molecule has 3 aromatic carbocycles. The molecule has 0 amide bonds. The van der Waals surface area contributed by atoms with E-state index >= 15 is 0 Å². The van der Waals surface area contributed by atoms with Gasteiger partial charge in [0, 0.05) is 17.8 Å². The van der Waals surface area contributed by atoms with Gasteiger partial charge in [-0.3, -0.25) is 0 Å². The number of likely N-dealkylation sites (N-methyl/N-ethyl adjacent to an activating group) is 1. The Balaban J connectivity index is 1.38. The van der Waals surface area contributed by atoms with Crippen molar-refractivity contribution in [1.82, 2.24) is 5.06 Å². The van der Waals surface area contributed by atoms with Crippen LogP contribution in [0.15, 0.2) is 71.1 Å². The Morgan fingerprint density at radius 2 is 1.57 bits per heavy atom. The summed E-state index contributed by atoms with van der Waals surface area (Å²) in [6, 6.07) is 21.9. The normalized spacial score (nSPS) is 11.4. The molecular formula is C23H23NO4. The summed E-state index contributed by atoms with van der Waals surface area (Å²) in [5.74, 6) is 1.65. The van der Waals surface area contributed by atoms with Crippen LogP contribution in [-0.4, -0.2) is 32.4 Å². The molecule has 0 aliphatic carbocycles. The first kappa shape index (κ1) is 18.3. The molecule has 0 aliphatic rings. The van der Waals surface area contributed by atoms with Crippen molar-refractivity contribution >= 4 is 21.9 Å². The van der Waals surface area contributed by atoms with Gasteiger partial charge in [-0.2, -0.15) is 5.06 Å². The number of hydrogen-bond acceptors (Lipinski definition) is 5. The number of fused-ring (bicyclic) bond motifs is 3. The van der Waals surface area contributed by atoms with Crippen LogP contribution in [0.5, 0.6) is 11.5 Å². The molecular weight excluding hydrogens is 354 g/mol. The van der Waals surface area contributed by atoms with Crippen LogP contribution in [0.3, 0.4) is 0 Å². The zero-order valence-electron chi connectivity index (χ0n) is 16.1. The Labute approximate surface area is 164 Å². The smallest absolute Gasteiger partial charge is 0.135 e. The highest BCUT2D eigenvalue weighted by atomic mass is 16.7. The molecule has 0 spiro atoms. The number of rotatable bonds is 8. The van der Waals surface area contributed by atoms with Crippen LogP contribution in [-0.2, 0) is 11.4 Å². The molecule has 0 atom stereocenters. The second kappa shape index (κ2) is 8.33. The fourth-order valence-electron chi connectivity index (χ4n) is 3.03. The van der Waals surface area contributed by atoms with E-state index < -0.39 is 0 Å². The lowest BCUT2D eigenvalue weighted by Gasteiger charge is -2.14. The zero-order valence-corrected chi connectivity index (χ0v) is 16.1. The molecule has 28 heavy (non-hydrogen) atoms. The summed E-state index contributed by atoms with van der Waals surface area (Å²) in [4.78, 5) is 5.06. The first-order chi connectivity index (χ1) is 13.7. The second-order valence-corrected chi connectivity index (χ2v) is 6.57. The largest absolute Gasteiger partial charge is 0.492 e. The predicted octanol–water partition coefficient (Wildman–Crippen LogP) is 5.04. The molecule has 4 rings (SSSR count). The summed E-state index contributed by atoms with van der Waals surface area (Å²) in [5.41, 5.74) is 2.84. The average Bonchev–Trinajstić information content (AvgIpc) is 3.11. The Morgan fingerprint density at radius 1 is 0.821 bits per heavy atom. The van der Waals surface area contributed by atoms with Crippen molar-refractivity contribution in [3.63, 3.8) is 0 Å². The standard InChI is InChI=1S/C23H23NO4/c1-24(25-2)13-14-26-18-9-7-17(8-10-18)16-27-19-11-12-23-21(15-19)20-5-3-4-6-22(20)28-23/h3-12,15H,13-14,16H2,1-2H3. The number of hydroxylamine groups is 2. The fraction of sp³-hybridized carbons (Fsp3) is 0.217. The Morgan fingerprint density at radius 3 is 2.39 bits per heavy atom. The third-order valence-corrected chi connectivity index (χ3v) is 4.66. The van der Waals surface area contributed by atoms with Crippen LogP contribution >= 0.6 is 0 Å². The van der Waals surface area contributed by atoms with Crippen LogP contribution in [0, 0.1) is 0 Å². The fourth-order valence-corrected chi connectivity index (χ4v) is 3.03. The number of para-hydroxylation sites is 1. The molecule has 0 unspecified atom stereocenters. The molecule has 0 N–H and O–H groups in total. The zero-order chi connectivity index (χ0) is 19.3. The first-order valence-corrected chi connectivity index (χ1v) is 9.24. The first-order valence-electron chi connectivity index (χ1n) is 9.24. The summed E-state index contributed by atoms with van der Waals surface area (Å²) in [5, 5.41) is 3.89. The van der Waals surface area contributed by atoms with Gasteiger partial charge in [0.15, 0.2) is 0 Å². The number of hydrogen-bond donors (Lipinski definition) is 0. The van der Waals surface area contributed by atoms with Gasteiger partial charge >= 0.3 is 0 Å². The Hall–Kier alpha value is -3.02. The average molecular weight is 377 g/mol. The highest BCUT2D eigenvalue weighted by Crippen LogP contribution is 2.31. The van der Waals surface area contributed by atoms with Crippen molar-refractivity contribution in [1.29, 1.82) is 0 Å². The summed E-state index contributed by atoms with van der Waals surface area (Å²) in [7, 11) is 3.51. The summed E-state index contributed by atoms with van der Waals surface area (Å²) < 4.78 is 17.5. The van der Waals surface area contributed by atoms with E-state index in [4.69, 9.17) is 18.7 Å². The summed E-state index contributed by atoms with van der Waals surface area (Å²) in [6.45, 7) is 1.76. The Bertz CT molecular complexity index is 1060. The predicted molar refractivity (Wildman–Crippen MR) is 110 cm³/mol. The third kappa shape index (κ3) is 4.11. The number of furan rings is 1. The highest BCUT2D eigenvalue weighted by molar-refractivity contribution is 6.05. The molecule has 4 aromatic rings. The number of nitrogens with zero attached hydrogens (tertiary/aromatic N) is 1. The van der Waals surface area contributed by atoms with Crippen LogP contribution in [0.4, 0.5) is 0 Å². The van der Waals surface area contributed by atoms with E-state index in [9.17, 15) is 0 Å². The van der Waals surface area contributed by atoms with Gasteiger partial charge in [0.05, 0.1) is 13.7 Å². The molecule has 0 radical (unpaired) electrons. The van der Waals surface area contributed by atoms with Crippen molar-refractivity contribution in [3.05, 3.63) is 72.3 Å². The molecule has 5 nitrogen and oxygen atoms in total. The topological polar surface area (TPSA) is 44.1 Å². The van der Waals surface area contributed by atoms with Gasteiger partial charge in [0.2, 0.25) is 0 Å². The lowest BCUT2D eigenvalue weighted by molar-refractivity contribution is -0.113. The molecule has 0 aliphatic heterocycles. The molecule has 0 saturated heterocycles. The van der Waals surface area contributed by atoms with E-state index in [-0.39, 0.29) is 0 Å². The maximum absolute atomic E-state index is 5.98. The monoisotopic (exact) mass is 377 g/mol. The van der Waals surface area contributed by atoms with Crippen LogP contribution in [0.1, 0.15) is 5.56 Å². The minimum absolute atomic E-state index is 0.494. The van der Waals surface area contributed by atoms with Gasteiger partial charge in [-0.1, -0.05) is 30.3 Å². The Kier molecular flexibility index (Phi) is 5.46. The molecule has 0 fully saturated rings. The van der Waals surface area contributed by atoms with Crippen LogP contribution in [0.2, 0.25) is 0 Å². The van der Waals surface area contributed by atoms with Gasteiger partial charge in [-0.05, 0) is 42.0 Å². The van der Waals surface area contributed by atoms with Gasteiger partial charge in [-0.15, -0.1) is 0 Å². The van der Waals surface area contributed by atoms with Crippen molar-refractivity contribution in [3.8, 4) is 11.5 Å². The lowest BCUT2D eigenvalue weighted by atomic mass is 10.1. The molecule has 0 bridgehead atoms. The van der Waals surface area contributed by atoms with Crippen molar-refractivity contribution < 1.29 is 18.7 Å². The second-order valence-electron chi connectivity index (χ2n) is 6.57.